The van der Waals surface area contributed by atoms with E-state index in [4.69, 9.17) is 0 Å². The van der Waals surface area contributed by atoms with Crippen molar-refractivity contribution >= 4 is 63.3 Å². The third-order valence-electron chi connectivity index (χ3n) is 9.38. The lowest BCUT2D eigenvalue weighted by molar-refractivity contribution is -0.385. The van der Waals surface area contributed by atoms with Crippen LogP contribution in [0.3, 0.4) is 0 Å². The maximum Gasteiger partial charge on any atom is 0.276 e. The van der Waals surface area contributed by atoms with Crippen LogP contribution >= 0.6 is 23.1 Å². The molecular weight excluding hydrogens is 769 g/mol. The molecule has 0 aliphatic carbocycles. The van der Waals surface area contributed by atoms with E-state index in [1.54, 1.807) is 54.6 Å². The van der Waals surface area contributed by atoms with E-state index < -0.39 is 22.0 Å². The Hall–Kier alpha value is -6.85. The number of nitro groups is 1. The Morgan fingerprint density at radius 3 is 2.29 bits per heavy atom. The van der Waals surface area contributed by atoms with E-state index in [1.165, 1.54) is 52.9 Å². The second-order valence-corrected chi connectivity index (χ2v) is 15.6. The Balaban J connectivity index is 1.11. The summed E-state index contributed by atoms with van der Waals surface area (Å²) in [5.41, 5.74) is 3.78. The number of para-hydroxylation sites is 1. The maximum atomic E-state index is 14.2. The fraction of sp³-hybridized carbons (Fsp3) is 0.111. The van der Waals surface area contributed by atoms with Crippen molar-refractivity contribution in [3.8, 4) is 6.07 Å². The van der Waals surface area contributed by atoms with Gasteiger partial charge in [0.2, 0.25) is 5.91 Å². The average Bonchev–Trinajstić information content (AvgIpc) is 3.59. The Bertz CT molecular complexity index is 2540. The summed E-state index contributed by atoms with van der Waals surface area (Å²) in [5.74, 6) is -1.59. The number of carbonyl (C=O) groups excluding carboxylic acids is 3. The summed E-state index contributed by atoms with van der Waals surface area (Å²) in [6, 6.07) is 43.0. The quantitative estimate of drug-likeness (QED) is 0.0452. The lowest BCUT2D eigenvalue weighted by atomic mass is 10.0. The number of hydrogen-bond acceptors (Lipinski definition) is 9. The number of nitro benzene ring substituents is 1. The SMILES string of the molecule is N#Cc1c(NC(=O)C(Sc2cccc(NC(=O)/C(=C\c3ccccc3[N+](=O)[O-])NC(=O)c3ccccc3)c2)c2ccccc2)sc2c1CCN(Cc1ccccc1)C2. The third-order valence-corrected chi connectivity index (χ3v) is 11.8. The van der Waals surface area contributed by atoms with Gasteiger partial charge in [-0.15, -0.1) is 23.1 Å². The normalized spacial score (nSPS) is 13.1. The largest absolute Gasteiger partial charge is 0.321 e. The summed E-state index contributed by atoms with van der Waals surface area (Å²) in [4.78, 5) is 56.5. The molecule has 288 valence electrons. The van der Waals surface area contributed by atoms with Crippen LogP contribution in [0.15, 0.2) is 150 Å². The Morgan fingerprint density at radius 1 is 0.879 bits per heavy atom. The minimum Gasteiger partial charge on any atom is -0.321 e. The first-order valence-corrected chi connectivity index (χ1v) is 20.0. The van der Waals surface area contributed by atoms with Crippen molar-refractivity contribution in [1.82, 2.24) is 10.2 Å². The van der Waals surface area contributed by atoms with E-state index >= 15 is 0 Å². The molecule has 13 heteroatoms. The monoisotopic (exact) mass is 804 g/mol. The molecule has 58 heavy (non-hydrogen) atoms. The molecule has 7 rings (SSSR count). The molecule has 0 radical (unpaired) electrons. The molecule has 11 nitrogen and oxygen atoms in total. The van der Waals surface area contributed by atoms with E-state index in [-0.39, 0.29) is 22.9 Å². The number of anilines is 2. The molecule has 1 unspecified atom stereocenters. The van der Waals surface area contributed by atoms with Gasteiger partial charge in [-0.1, -0.05) is 97.1 Å². The predicted octanol–water partition coefficient (Wildman–Crippen LogP) is 8.97. The van der Waals surface area contributed by atoms with Crippen LogP contribution in [0.1, 0.15) is 48.3 Å². The summed E-state index contributed by atoms with van der Waals surface area (Å²) < 4.78 is 0. The van der Waals surface area contributed by atoms with E-state index in [0.29, 0.717) is 39.7 Å². The molecule has 0 saturated carbocycles. The van der Waals surface area contributed by atoms with Gasteiger partial charge < -0.3 is 16.0 Å². The first-order valence-electron chi connectivity index (χ1n) is 18.3. The standard InChI is InChI=1S/C45H36N6O5S2/c46-27-37-36-23-24-50(28-30-13-4-1-5-14-30)29-40(36)58-45(37)49-44(54)41(31-15-6-2-7-16-31)57-35-21-12-20-34(26-35)47-43(53)38(48-42(52)32-17-8-3-9-18-32)25-33-19-10-11-22-39(33)51(55)56/h1-22,25-26,41H,23-24,28-29H2,(H,47,53)(H,48,52)(H,49,54)/b38-25+. The third kappa shape index (κ3) is 9.56. The second kappa shape index (κ2) is 18.4. The van der Waals surface area contributed by atoms with Crippen LogP contribution in [-0.2, 0) is 29.1 Å². The van der Waals surface area contributed by atoms with Gasteiger partial charge in [0.05, 0.1) is 16.1 Å². The van der Waals surface area contributed by atoms with Crippen LogP contribution in [-0.4, -0.2) is 34.1 Å². The highest BCUT2D eigenvalue weighted by Crippen LogP contribution is 2.41. The Kier molecular flexibility index (Phi) is 12.5. The molecule has 6 aromatic rings. The number of rotatable bonds is 13. The molecular formula is C45H36N6O5S2. The maximum absolute atomic E-state index is 14.2. The smallest absolute Gasteiger partial charge is 0.276 e. The van der Waals surface area contributed by atoms with E-state index in [1.807, 2.05) is 54.6 Å². The van der Waals surface area contributed by atoms with Crippen LogP contribution in [0.4, 0.5) is 16.4 Å². The number of nitrogens with one attached hydrogen (secondary N) is 3. The molecule has 5 aromatic carbocycles. The van der Waals surface area contributed by atoms with Gasteiger partial charge in [-0.3, -0.25) is 29.4 Å². The fourth-order valence-electron chi connectivity index (χ4n) is 6.57. The van der Waals surface area contributed by atoms with Crippen LogP contribution in [0.25, 0.3) is 6.08 Å². The van der Waals surface area contributed by atoms with E-state index in [9.17, 15) is 29.8 Å². The first-order chi connectivity index (χ1) is 28.2. The van der Waals surface area contributed by atoms with Crippen molar-refractivity contribution in [2.45, 2.75) is 29.7 Å². The van der Waals surface area contributed by atoms with Crippen LogP contribution in [0.2, 0.25) is 0 Å². The number of nitrogens with zero attached hydrogens (tertiary/aromatic N) is 3. The van der Waals surface area contributed by atoms with Crippen molar-refractivity contribution in [3.63, 3.8) is 0 Å². The van der Waals surface area contributed by atoms with Crippen LogP contribution in [0, 0.1) is 21.4 Å². The zero-order chi connectivity index (χ0) is 40.4. The topological polar surface area (TPSA) is 157 Å². The minimum atomic E-state index is -0.730. The van der Waals surface area contributed by atoms with Gasteiger partial charge >= 0.3 is 0 Å². The van der Waals surface area contributed by atoms with E-state index in [2.05, 4.69) is 39.1 Å². The molecule has 0 fully saturated rings. The summed E-state index contributed by atoms with van der Waals surface area (Å²) in [7, 11) is 0. The summed E-state index contributed by atoms with van der Waals surface area (Å²) >= 11 is 2.72. The number of hydrogen-bond donors (Lipinski definition) is 3. The highest BCUT2D eigenvalue weighted by molar-refractivity contribution is 8.00. The van der Waals surface area contributed by atoms with Crippen LogP contribution < -0.4 is 16.0 Å². The molecule has 2 heterocycles. The number of carbonyl (C=O) groups is 3. The van der Waals surface area contributed by atoms with Gasteiger partial charge in [0.15, 0.2) is 0 Å². The zero-order valence-corrected chi connectivity index (χ0v) is 32.6. The van der Waals surface area contributed by atoms with E-state index in [0.717, 1.165) is 29.1 Å². The minimum absolute atomic E-state index is 0.127. The summed E-state index contributed by atoms with van der Waals surface area (Å²) in [5, 5.41) is 30.3. The molecule has 3 amide bonds. The van der Waals surface area contributed by atoms with Gasteiger partial charge in [-0.2, -0.15) is 5.26 Å². The van der Waals surface area contributed by atoms with Crippen molar-refractivity contribution in [2.75, 3.05) is 17.2 Å². The molecule has 0 spiro atoms. The molecule has 1 aromatic heterocycles. The number of benzene rings is 5. The molecule has 0 bridgehead atoms. The van der Waals surface area contributed by atoms with Gasteiger partial charge in [0.1, 0.15) is 22.0 Å². The number of thiophene rings is 1. The molecule has 1 aliphatic heterocycles. The number of amides is 3. The van der Waals surface area contributed by atoms with Gasteiger partial charge in [0, 0.05) is 46.7 Å². The van der Waals surface area contributed by atoms with Crippen molar-refractivity contribution in [3.05, 3.63) is 194 Å². The molecule has 1 aliphatic rings. The predicted molar refractivity (Wildman–Crippen MR) is 227 cm³/mol. The van der Waals surface area contributed by atoms with Gasteiger partial charge in [0.25, 0.3) is 17.5 Å². The zero-order valence-electron chi connectivity index (χ0n) is 31.0. The van der Waals surface area contributed by atoms with Crippen molar-refractivity contribution in [1.29, 1.82) is 5.26 Å². The van der Waals surface area contributed by atoms with Crippen LogP contribution in [0.5, 0.6) is 0 Å². The lowest BCUT2D eigenvalue weighted by Gasteiger charge is -2.26. The van der Waals surface area contributed by atoms with Gasteiger partial charge in [-0.25, -0.2) is 0 Å². The lowest BCUT2D eigenvalue weighted by Crippen LogP contribution is -2.30. The van der Waals surface area contributed by atoms with Crippen molar-refractivity contribution in [2.24, 2.45) is 0 Å². The first kappa shape index (κ1) is 39.4. The highest BCUT2D eigenvalue weighted by Gasteiger charge is 2.29. The van der Waals surface area contributed by atoms with Gasteiger partial charge in [-0.05, 0) is 65.6 Å². The molecule has 0 saturated heterocycles. The summed E-state index contributed by atoms with van der Waals surface area (Å²) in [6.07, 6.45) is 1.98. The second-order valence-electron chi connectivity index (χ2n) is 13.3. The average molecular weight is 805 g/mol. The number of nitriles is 1. The molecule has 1 atom stereocenters. The number of fused-ring (bicyclic) bond motifs is 1. The fourth-order valence-corrected chi connectivity index (χ4v) is 8.90. The molecule has 3 N–H and O–H groups in total. The summed E-state index contributed by atoms with van der Waals surface area (Å²) in [6.45, 7) is 2.28. The Morgan fingerprint density at radius 2 is 1.57 bits per heavy atom. The van der Waals surface area contributed by atoms with Crippen molar-refractivity contribution < 1.29 is 19.3 Å². The Labute approximate surface area is 343 Å². The number of thioether (sulfide) groups is 1. The highest BCUT2D eigenvalue weighted by atomic mass is 32.2.